The lowest BCUT2D eigenvalue weighted by atomic mass is 10.2. The van der Waals surface area contributed by atoms with Crippen LogP contribution in [0.25, 0.3) is 0 Å². The molecule has 3 N–H and O–H groups in total. The summed E-state index contributed by atoms with van der Waals surface area (Å²) >= 11 is 9.21. The number of nitro benzene ring substituents is 1. The number of halogens is 2. The molecule has 2 rings (SSSR count). The van der Waals surface area contributed by atoms with Crippen molar-refractivity contribution in [3.63, 3.8) is 0 Å². The van der Waals surface area contributed by atoms with Crippen molar-refractivity contribution in [1.82, 2.24) is 0 Å². The van der Waals surface area contributed by atoms with E-state index in [1.54, 1.807) is 24.3 Å². The Hall–Kier alpha value is -1.79. The summed E-state index contributed by atoms with van der Waals surface area (Å²) in [5.74, 6) is 0. The molecule has 2 aromatic rings. The number of nitro groups is 1. The first kappa shape index (κ1) is 13.6. The minimum Gasteiger partial charge on any atom is -0.393 e. The van der Waals surface area contributed by atoms with Gasteiger partial charge in [0.2, 0.25) is 0 Å². The third kappa shape index (κ3) is 3.15. The molecule has 98 valence electrons. The average molecular weight is 343 g/mol. The third-order valence-corrected chi connectivity index (χ3v) is 3.65. The fourth-order valence-electron chi connectivity index (χ4n) is 1.54. The molecule has 2 aromatic carbocycles. The van der Waals surface area contributed by atoms with Crippen LogP contribution in [0.2, 0.25) is 5.02 Å². The second kappa shape index (κ2) is 5.46. The van der Waals surface area contributed by atoms with Crippen molar-refractivity contribution in [2.45, 2.75) is 0 Å². The lowest BCUT2D eigenvalue weighted by molar-refractivity contribution is -0.383. The normalized spacial score (nSPS) is 10.2. The highest BCUT2D eigenvalue weighted by molar-refractivity contribution is 9.10. The van der Waals surface area contributed by atoms with Crippen molar-refractivity contribution in [3.8, 4) is 0 Å². The van der Waals surface area contributed by atoms with Crippen LogP contribution in [0.15, 0.2) is 40.9 Å². The van der Waals surface area contributed by atoms with Crippen molar-refractivity contribution in [2.75, 3.05) is 11.1 Å². The first-order chi connectivity index (χ1) is 8.97. The van der Waals surface area contributed by atoms with E-state index in [2.05, 4.69) is 21.2 Å². The summed E-state index contributed by atoms with van der Waals surface area (Å²) in [6.07, 6.45) is 0. The maximum Gasteiger partial charge on any atom is 0.292 e. The van der Waals surface area contributed by atoms with Gasteiger partial charge in [-0.3, -0.25) is 10.1 Å². The van der Waals surface area contributed by atoms with Crippen molar-refractivity contribution < 1.29 is 4.92 Å². The molecule has 0 bridgehead atoms. The second-order valence-electron chi connectivity index (χ2n) is 3.78. The van der Waals surface area contributed by atoms with Crippen LogP contribution in [0.5, 0.6) is 0 Å². The Morgan fingerprint density at radius 3 is 2.42 bits per heavy atom. The van der Waals surface area contributed by atoms with Gasteiger partial charge in [0.05, 0.1) is 9.95 Å². The number of benzene rings is 2. The standard InChI is InChI=1S/C12H9BrClN3O2/c13-9-5-7(1-3-10(9)14)16-8-2-4-12(17(18)19)11(15)6-8/h1-6,16H,15H2. The van der Waals surface area contributed by atoms with Crippen LogP contribution < -0.4 is 11.1 Å². The fourth-order valence-corrected chi connectivity index (χ4v) is 2.04. The highest BCUT2D eigenvalue weighted by atomic mass is 79.9. The maximum atomic E-state index is 10.7. The topological polar surface area (TPSA) is 81.2 Å². The molecule has 0 saturated carbocycles. The van der Waals surface area contributed by atoms with Crippen molar-refractivity contribution in [3.05, 3.63) is 56.0 Å². The third-order valence-electron chi connectivity index (χ3n) is 2.43. The number of nitrogens with two attached hydrogens (primary N) is 1. The van der Waals surface area contributed by atoms with Gasteiger partial charge in [0.1, 0.15) is 5.69 Å². The molecular formula is C12H9BrClN3O2. The van der Waals surface area contributed by atoms with Gasteiger partial charge in [0.25, 0.3) is 5.69 Å². The molecule has 0 radical (unpaired) electrons. The number of nitrogens with zero attached hydrogens (tertiary/aromatic N) is 1. The molecular weight excluding hydrogens is 334 g/mol. The summed E-state index contributed by atoms with van der Waals surface area (Å²) in [7, 11) is 0. The number of nitrogens with one attached hydrogen (secondary N) is 1. The van der Waals surface area contributed by atoms with Crippen LogP contribution in [0.1, 0.15) is 0 Å². The van der Waals surface area contributed by atoms with E-state index in [1.807, 2.05) is 0 Å². The Bertz CT molecular complexity index is 649. The van der Waals surface area contributed by atoms with Gasteiger partial charge in [-0.15, -0.1) is 0 Å². The summed E-state index contributed by atoms with van der Waals surface area (Å²) in [5, 5.41) is 14.4. The summed E-state index contributed by atoms with van der Waals surface area (Å²) in [6, 6.07) is 9.81. The largest absolute Gasteiger partial charge is 0.393 e. The summed E-state index contributed by atoms with van der Waals surface area (Å²) < 4.78 is 0.758. The van der Waals surface area contributed by atoms with Gasteiger partial charge in [-0.1, -0.05) is 11.6 Å². The first-order valence-electron chi connectivity index (χ1n) is 5.23. The number of hydrogen-bond donors (Lipinski definition) is 2. The Kier molecular flexibility index (Phi) is 3.92. The van der Waals surface area contributed by atoms with Gasteiger partial charge >= 0.3 is 0 Å². The fraction of sp³-hybridized carbons (Fsp3) is 0. The highest BCUT2D eigenvalue weighted by Gasteiger charge is 2.11. The van der Waals surface area contributed by atoms with Gasteiger partial charge in [-0.25, -0.2) is 0 Å². The zero-order chi connectivity index (χ0) is 14.0. The molecule has 19 heavy (non-hydrogen) atoms. The molecule has 5 nitrogen and oxygen atoms in total. The summed E-state index contributed by atoms with van der Waals surface area (Å²) in [5.41, 5.74) is 7.08. The molecule has 0 aliphatic carbocycles. The Morgan fingerprint density at radius 2 is 1.84 bits per heavy atom. The second-order valence-corrected chi connectivity index (χ2v) is 5.05. The zero-order valence-corrected chi connectivity index (χ0v) is 11.9. The van der Waals surface area contributed by atoms with Crippen LogP contribution >= 0.6 is 27.5 Å². The number of nitrogen functional groups attached to an aromatic ring is 1. The SMILES string of the molecule is Nc1cc(Nc2ccc(Cl)c(Br)c2)ccc1[N+](=O)[O-]. The van der Waals surface area contributed by atoms with E-state index in [0.717, 1.165) is 10.2 Å². The van der Waals surface area contributed by atoms with E-state index in [4.69, 9.17) is 17.3 Å². The number of anilines is 3. The van der Waals surface area contributed by atoms with E-state index < -0.39 is 4.92 Å². The summed E-state index contributed by atoms with van der Waals surface area (Å²) in [6.45, 7) is 0. The zero-order valence-electron chi connectivity index (χ0n) is 9.56. The smallest absolute Gasteiger partial charge is 0.292 e. The minimum absolute atomic E-state index is 0.108. The van der Waals surface area contributed by atoms with Crippen LogP contribution in [0, 0.1) is 10.1 Å². The van der Waals surface area contributed by atoms with Crippen molar-refractivity contribution >= 4 is 50.3 Å². The Morgan fingerprint density at radius 1 is 1.21 bits per heavy atom. The van der Waals surface area contributed by atoms with E-state index in [-0.39, 0.29) is 11.4 Å². The van der Waals surface area contributed by atoms with Gasteiger partial charge in [-0.05, 0) is 46.3 Å². The van der Waals surface area contributed by atoms with Crippen molar-refractivity contribution in [2.24, 2.45) is 0 Å². The molecule has 0 heterocycles. The quantitative estimate of drug-likeness (QED) is 0.494. The summed E-state index contributed by atoms with van der Waals surface area (Å²) in [4.78, 5) is 10.1. The van der Waals surface area contributed by atoms with Crippen LogP contribution in [-0.2, 0) is 0 Å². The molecule has 0 saturated heterocycles. The lowest BCUT2D eigenvalue weighted by Crippen LogP contribution is -1.97. The minimum atomic E-state index is -0.516. The van der Waals surface area contributed by atoms with E-state index in [0.29, 0.717) is 10.7 Å². The predicted molar refractivity (Wildman–Crippen MR) is 79.9 cm³/mol. The average Bonchev–Trinajstić information content (AvgIpc) is 2.33. The van der Waals surface area contributed by atoms with Gasteiger partial charge in [-0.2, -0.15) is 0 Å². The first-order valence-corrected chi connectivity index (χ1v) is 6.40. The van der Waals surface area contributed by atoms with Gasteiger partial charge in [0, 0.05) is 21.9 Å². The van der Waals surface area contributed by atoms with Gasteiger partial charge in [0.15, 0.2) is 0 Å². The Balaban J connectivity index is 2.26. The molecule has 0 amide bonds. The van der Waals surface area contributed by atoms with E-state index in [9.17, 15) is 10.1 Å². The highest BCUT2D eigenvalue weighted by Crippen LogP contribution is 2.29. The maximum absolute atomic E-state index is 10.7. The van der Waals surface area contributed by atoms with Crippen LogP contribution in [0.4, 0.5) is 22.7 Å². The number of hydrogen-bond acceptors (Lipinski definition) is 4. The monoisotopic (exact) mass is 341 g/mol. The van der Waals surface area contributed by atoms with Crippen LogP contribution in [-0.4, -0.2) is 4.92 Å². The predicted octanol–water partition coefficient (Wildman–Crippen LogP) is 4.34. The number of rotatable bonds is 3. The Labute approximate surface area is 122 Å². The molecule has 0 unspecified atom stereocenters. The molecule has 7 heteroatoms. The van der Waals surface area contributed by atoms with E-state index in [1.165, 1.54) is 12.1 Å². The molecule has 0 aliphatic heterocycles. The van der Waals surface area contributed by atoms with Gasteiger partial charge < -0.3 is 11.1 Å². The molecule has 0 spiro atoms. The molecule has 0 atom stereocenters. The van der Waals surface area contributed by atoms with E-state index >= 15 is 0 Å². The lowest BCUT2D eigenvalue weighted by Gasteiger charge is -2.08. The molecule has 0 aliphatic rings. The van der Waals surface area contributed by atoms with Crippen LogP contribution in [0.3, 0.4) is 0 Å². The molecule has 0 fully saturated rings. The van der Waals surface area contributed by atoms with Crippen molar-refractivity contribution in [1.29, 1.82) is 0 Å². The molecule has 0 aromatic heterocycles.